The number of hydrogen-bond acceptors (Lipinski definition) is 3. The summed E-state index contributed by atoms with van der Waals surface area (Å²) in [6, 6.07) is 4.45. The van der Waals surface area contributed by atoms with Crippen LogP contribution in [0, 0.1) is 12.7 Å². The molecular formula is C13H16FNO3S. The Hall–Kier alpha value is -1.43. The highest BCUT2D eigenvalue weighted by atomic mass is 32.2. The van der Waals surface area contributed by atoms with E-state index in [1.165, 1.54) is 6.07 Å². The van der Waals surface area contributed by atoms with Crippen molar-refractivity contribution >= 4 is 15.7 Å². The van der Waals surface area contributed by atoms with Gasteiger partial charge in [-0.05, 0) is 31.4 Å². The van der Waals surface area contributed by atoms with Crippen LogP contribution in [0.1, 0.15) is 28.8 Å². The Labute approximate surface area is 111 Å². The summed E-state index contributed by atoms with van der Waals surface area (Å²) in [4.78, 5) is 11.9. The molecule has 0 radical (unpaired) electrons. The van der Waals surface area contributed by atoms with Crippen LogP contribution in [-0.4, -0.2) is 31.9 Å². The molecule has 2 rings (SSSR count). The van der Waals surface area contributed by atoms with Crippen molar-refractivity contribution in [3.05, 3.63) is 35.1 Å². The van der Waals surface area contributed by atoms with Crippen LogP contribution in [0.5, 0.6) is 0 Å². The van der Waals surface area contributed by atoms with Gasteiger partial charge in [-0.2, -0.15) is 0 Å². The van der Waals surface area contributed by atoms with E-state index in [1.807, 2.05) is 0 Å². The third-order valence-electron chi connectivity index (χ3n) is 3.33. The highest BCUT2D eigenvalue weighted by Gasteiger charge is 2.25. The van der Waals surface area contributed by atoms with Crippen molar-refractivity contribution in [2.75, 3.05) is 11.5 Å². The SMILES string of the molecule is Cc1cccc(C(=O)NC2CCS(=O)(=O)CC2)c1F. The van der Waals surface area contributed by atoms with Gasteiger partial charge >= 0.3 is 0 Å². The Bertz CT molecular complexity index is 584. The number of sulfone groups is 1. The summed E-state index contributed by atoms with van der Waals surface area (Å²) in [5, 5.41) is 2.70. The molecule has 104 valence electrons. The van der Waals surface area contributed by atoms with Crippen LogP contribution in [0.15, 0.2) is 18.2 Å². The zero-order chi connectivity index (χ0) is 14.0. The molecule has 1 aromatic carbocycles. The summed E-state index contributed by atoms with van der Waals surface area (Å²) >= 11 is 0. The van der Waals surface area contributed by atoms with Gasteiger partial charge in [0.2, 0.25) is 0 Å². The number of hydrogen-bond donors (Lipinski definition) is 1. The molecular weight excluding hydrogens is 269 g/mol. The second-order valence-electron chi connectivity index (χ2n) is 4.84. The van der Waals surface area contributed by atoms with E-state index in [2.05, 4.69) is 5.32 Å². The van der Waals surface area contributed by atoms with Crippen molar-refractivity contribution in [2.24, 2.45) is 0 Å². The second-order valence-corrected chi connectivity index (χ2v) is 7.14. The van der Waals surface area contributed by atoms with Crippen LogP contribution in [0.25, 0.3) is 0 Å². The van der Waals surface area contributed by atoms with Crippen molar-refractivity contribution in [1.29, 1.82) is 0 Å². The van der Waals surface area contributed by atoms with Crippen LogP contribution in [0.4, 0.5) is 4.39 Å². The van der Waals surface area contributed by atoms with E-state index in [1.54, 1.807) is 19.1 Å². The number of halogens is 1. The smallest absolute Gasteiger partial charge is 0.254 e. The monoisotopic (exact) mass is 285 g/mol. The summed E-state index contributed by atoms with van der Waals surface area (Å²) in [7, 11) is -2.96. The standard InChI is InChI=1S/C13H16FNO3S/c1-9-3-2-4-11(12(9)14)13(16)15-10-5-7-19(17,18)8-6-10/h2-4,10H,5-8H2,1H3,(H,15,16). The fourth-order valence-electron chi connectivity index (χ4n) is 2.12. The third-order valence-corrected chi connectivity index (χ3v) is 5.04. The first-order chi connectivity index (χ1) is 8.89. The molecule has 0 atom stereocenters. The normalized spacial score (nSPS) is 19.1. The quantitative estimate of drug-likeness (QED) is 0.894. The first-order valence-electron chi connectivity index (χ1n) is 6.15. The third kappa shape index (κ3) is 3.32. The van der Waals surface area contributed by atoms with Crippen molar-refractivity contribution < 1.29 is 17.6 Å². The van der Waals surface area contributed by atoms with Crippen molar-refractivity contribution in [3.63, 3.8) is 0 Å². The molecule has 0 unspecified atom stereocenters. The summed E-state index contributed by atoms with van der Waals surface area (Å²) in [5.41, 5.74) is 0.423. The molecule has 0 saturated carbocycles. The molecule has 0 spiro atoms. The van der Waals surface area contributed by atoms with Gasteiger partial charge in [0.25, 0.3) is 5.91 Å². The predicted molar refractivity (Wildman–Crippen MR) is 70.3 cm³/mol. The molecule has 0 aliphatic carbocycles. The minimum absolute atomic E-state index is 0.00781. The number of amides is 1. The number of nitrogens with one attached hydrogen (secondary N) is 1. The molecule has 1 fully saturated rings. The van der Waals surface area contributed by atoms with Crippen LogP contribution in [0.2, 0.25) is 0 Å². The maximum absolute atomic E-state index is 13.8. The minimum Gasteiger partial charge on any atom is -0.349 e. The maximum Gasteiger partial charge on any atom is 0.254 e. The van der Waals surface area contributed by atoms with Crippen LogP contribution >= 0.6 is 0 Å². The molecule has 1 amide bonds. The van der Waals surface area contributed by atoms with Gasteiger partial charge in [0, 0.05) is 6.04 Å². The lowest BCUT2D eigenvalue weighted by Gasteiger charge is -2.23. The number of carbonyl (C=O) groups is 1. The molecule has 1 aliphatic rings. The Kier molecular flexibility index (Phi) is 3.89. The molecule has 1 aromatic rings. The van der Waals surface area contributed by atoms with Gasteiger partial charge in [-0.3, -0.25) is 4.79 Å². The summed E-state index contributed by atoms with van der Waals surface area (Å²) < 4.78 is 36.3. The van der Waals surface area contributed by atoms with E-state index in [4.69, 9.17) is 0 Å². The summed E-state index contributed by atoms with van der Waals surface area (Å²) in [6.45, 7) is 1.60. The lowest BCUT2D eigenvalue weighted by molar-refractivity contribution is 0.0930. The van der Waals surface area contributed by atoms with E-state index in [0.717, 1.165) is 0 Å². The van der Waals surface area contributed by atoms with E-state index in [9.17, 15) is 17.6 Å². The summed E-state index contributed by atoms with van der Waals surface area (Å²) in [5.74, 6) is -0.850. The molecule has 19 heavy (non-hydrogen) atoms. The van der Waals surface area contributed by atoms with Gasteiger partial charge in [0.05, 0.1) is 17.1 Å². The van der Waals surface area contributed by atoms with E-state index in [0.29, 0.717) is 18.4 Å². The first-order valence-corrected chi connectivity index (χ1v) is 7.97. The number of benzene rings is 1. The van der Waals surface area contributed by atoms with Crippen molar-refractivity contribution in [1.82, 2.24) is 5.32 Å². The molecule has 4 nitrogen and oxygen atoms in total. The van der Waals surface area contributed by atoms with Gasteiger partial charge < -0.3 is 5.32 Å². The van der Waals surface area contributed by atoms with Crippen LogP contribution in [-0.2, 0) is 9.84 Å². The fraction of sp³-hybridized carbons (Fsp3) is 0.462. The molecule has 6 heteroatoms. The number of rotatable bonds is 2. The molecule has 1 N–H and O–H groups in total. The lowest BCUT2D eigenvalue weighted by Crippen LogP contribution is -2.41. The van der Waals surface area contributed by atoms with E-state index < -0.39 is 21.6 Å². The largest absolute Gasteiger partial charge is 0.349 e. The zero-order valence-corrected chi connectivity index (χ0v) is 11.5. The highest BCUT2D eigenvalue weighted by Crippen LogP contribution is 2.15. The summed E-state index contributed by atoms with van der Waals surface area (Å²) in [6.07, 6.45) is 0.781. The van der Waals surface area contributed by atoms with Crippen molar-refractivity contribution in [2.45, 2.75) is 25.8 Å². The Morgan fingerprint density at radius 1 is 1.32 bits per heavy atom. The first kappa shape index (κ1) is 14.0. The number of carbonyl (C=O) groups excluding carboxylic acids is 1. The van der Waals surface area contributed by atoms with Gasteiger partial charge in [0.1, 0.15) is 15.7 Å². The zero-order valence-electron chi connectivity index (χ0n) is 10.6. The predicted octanol–water partition coefficient (Wildman–Crippen LogP) is 1.44. The van der Waals surface area contributed by atoms with E-state index >= 15 is 0 Å². The van der Waals surface area contributed by atoms with Gasteiger partial charge in [-0.1, -0.05) is 12.1 Å². The lowest BCUT2D eigenvalue weighted by atomic mass is 10.1. The average Bonchev–Trinajstić information content (AvgIpc) is 2.35. The average molecular weight is 285 g/mol. The fourth-order valence-corrected chi connectivity index (χ4v) is 3.61. The van der Waals surface area contributed by atoms with Gasteiger partial charge in [-0.15, -0.1) is 0 Å². The molecule has 1 saturated heterocycles. The van der Waals surface area contributed by atoms with Crippen molar-refractivity contribution in [3.8, 4) is 0 Å². The van der Waals surface area contributed by atoms with Crippen LogP contribution in [0.3, 0.4) is 0 Å². The topological polar surface area (TPSA) is 63.2 Å². The molecule has 0 bridgehead atoms. The minimum atomic E-state index is -2.96. The molecule has 1 heterocycles. The van der Waals surface area contributed by atoms with Gasteiger partial charge in [-0.25, -0.2) is 12.8 Å². The second kappa shape index (κ2) is 5.28. The highest BCUT2D eigenvalue weighted by molar-refractivity contribution is 7.91. The van der Waals surface area contributed by atoms with Gasteiger partial charge in [0.15, 0.2) is 0 Å². The Balaban J connectivity index is 2.04. The Morgan fingerprint density at radius 2 is 1.95 bits per heavy atom. The molecule has 1 aliphatic heterocycles. The Morgan fingerprint density at radius 3 is 2.58 bits per heavy atom. The number of aryl methyl sites for hydroxylation is 1. The maximum atomic E-state index is 13.8. The molecule has 0 aromatic heterocycles. The van der Waals surface area contributed by atoms with Crippen LogP contribution < -0.4 is 5.32 Å². The van der Waals surface area contributed by atoms with E-state index in [-0.39, 0.29) is 23.1 Å².